The first kappa shape index (κ1) is 16.9. The van der Waals surface area contributed by atoms with Gasteiger partial charge in [-0.3, -0.25) is 14.5 Å². The Bertz CT molecular complexity index is 779. The maximum Gasteiger partial charge on any atom is 0.323 e. The van der Waals surface area contributed by atoms with Crippen molar-refractivity contribution in [2.45, 2.75) is 0 Å². The first-order valence-electron chi connectivity index (χ1n) is 6.25. The number of benzene rings is 1. The summed E-state index contributed by atoms with van der Waals surface area (Å²) in [5.74, 6) is -2.12. The van der Waals surface area contributed by atoms with Gasteiger partial charge in [0.2, 0.25) is 0 Å². The van der Waals surface area contributed by atoms with Gasteiger partial charge in [0.25, 0.3) is 5.91 Å². The molecule has 116 valence electrons. The highest BCUT2D eigenvalue weighted by Crippen LogP contribution is 2.31. The molecule has 0 unspecified atom stereocenters. The summed E-state index contributed by atoms with van der Waals surface area (Å²) in [6.07, 6.45) is 2.83. The van der Waals surface area contributed by atoms with E-state index in [1.165, 1.54) is 36.4 Å². The number of aliphatic carboxylic acids is 1. The number of halogens is 1. The summed E-state index contributed by atoms with van der Waals surface area (Å²) in [5.41, 5.74) is 0.771. The molecule has 1 aliphatic heterocycles. The molecule has 1 aromatic rings. The summed E-state index contributed by atoms with van der Waals surface area (Å²) < 4.78 is 13.0. The van der Waals surface area contributed by atoms with Crippen LogP contribution in [0.15, 0.2) is 40.8 Å². The van der Waals surface area contributed by atoms with Crippen LogP contribution in [0.3, 0.4) is 0 Å². The number of nitrogens with zero attached hydrogens (tertiary/aromatic N) is 2. The number of amides is 1. The van der Waals surface area contributed by atoms with Crippen LogP contribution in [-0.2, 0) is 9.59 Å². The lowest BCUT2D eigenvalue weighted by Gasteiger charge is -2.10. The van der Waals surface area contributed by atoms with Crippen LogP contribution in [0, 0.1) is 17.1 Å². The molecule has 0 radical (unpaired) electrons. The molecule has 1 N–H and O–H groups in total. The molecule has 1 fully saturated rings. The van der Waals surface area contributed by atoms with Crippen LogP contribution in [0.4, 0.5) is 4.39 Å². The van der Waals surface area contributed by atoms with Crippen molar-refractivity contribution in [3.63, 3.8) is 0 Å². The van der Waals surface area contributed by atoms with Crippen LogP contribution in [0.25, 0.3) is 6.08 Å². The van der Waals surface area contributed by atoms with E-state index in [2.05, 4.69) is 0 Å². The van der Waals surface area contributed by atoms with Crippen molar-refractivity contribution < 1.29 is 19.1 Å². The number of carboxylic acid groups (broad SMARTS) is 1. The average molecular weight is 348 g/mol. The van der Waals surface area contributed by atoms with Gasteiger partial charge in [-0.05, 0) is 29.8 Å². The van der Waals surface area contributed by atoms with Crippen LogP contribution >= 0.6 is 24.0 Å². The number of allylic oxidation sites excluding steroid dienone is 2. The number of carbonyl (C=O) groups is 2. The Hall–Kier alpha value is -2.50. The molecule has 1 heterocycles. The number of nitriles is 1. The Morgan fingerprint density at radius 2 is 2.09 bits per heavy atom. The molecule has 8 heteroatoms. The van der Waals surface area contributed by atoms with Crippen molar-refractivity contribution in [3.05, 3.63) is 52.2 Å². The molecule has 1 aromatic carbocycles. The average Bonchev–Trinajstić information content (AvgIpc) is 2.76. The molecular weight excluding hydrogens is 339 g/mol. The highest BCUT2D eigenvalue weighted by molar-refractivity contribution is 8.26. The zero-order chi connectivity index (χ0) is 17.0. The van der Waals surface area contributed by atoms with E-state index in [-0.39, 0.29) is 14.8 Å². The Morgan fingerprint density at radius 1 is 1.43 bits per heavy atom. The van der Waals surface area contributed by atoms with Gasteiger partial charge in [-0.25, -0.2) is 4.39 Å². The van der Waals surface area contributed by atoms with E-state index >= 15 is 0 Å². The van der Waals surface area contributed by atoms with Gasteiger partial charge >= 0.3 is 5.97 Å². The Morgan fingerprint density at radius 3 is 2.65 bits per heavy atom. The van der Waals surface area contributed by atoms with Crippen molar-refractivity contribution in [1.29, 1.82) is 5.26 Å². The van der Waals surface area contributed by atoms with E-state index in [0.717, 1.165) is 16.7 Å². The number of thiocarbonyl (C=S) groups is 1. The molecule has 1 aliphatic rings. The molecule has 0 atom stereocenters. The molecule has 2 rings (SSSR count). The van der Waals surface area contributed by atoms with Crippen molar-refractivity contribution in [2.75, 3.05) is 6.54 Å². The Labute approximate surface area is 140 Å². The summed E-state index contributed by atoms with van der Waals surface area (Å²) in [5, 5.41) is 17.9. The van der Waals surface area contributed by atoms with Gasteiger partial charge in [-0.2, -0.15) is 5.26 Å². The number of carboxylic acids is 1. The SMILES string of the molecule is N#CC(=C\c1ccc(F)cc1)/C=C1\SC(=S)N(CC(=O)O)C1=O. The van der Waals surface area contributed by atoms with Crippen LogP contribution in [0.5, 0.6) is 0 Å². The van der Waals surface area contributed by atoms with E-state index in [9.17, 15) is 14.0 Å². The van der Waals surface area contributed by atoms with E-state index in [0.29, 0.717) is 5.56 Å². The molecule has 0 saturated carbocycles. The zero-order valence-corrected chi connectivity index (χ0v) is 13.2. The first-order valence-corrected chi connectivity index (χ1v) is 7.47. The largest absolute Gasteiger partial charge is 0.480 e. The van der Waals surface area contributed by atoms with E-state index < -0.39 is 24.2 Å². The number of hydrogen-bond donors (Lipinski definition) is 1. The van der Waals surface area contributed by atoms with Gasteiger partial charge in [-0.15, -0.1) is 0 Å². The molecule has 5 nitrogen and oxygen atoms in total. The lowest BCUT2D eigenvalue weighted by Crippen LogP contribution is -2.33. The predicted octanol–water partition coefficient (Wildman–Crippen LogP) is 2.56. The first-order chi connectivity index (χ1) is 10.9. The number of hydrogen-bond acceptors (Lipinski definition) is 5. The number of carbonyl (C=O) groups excluding carboxylic acids is 1. The maximum atomic E-state index is 12.9. The molecule has 0 spiro atoms. The smallest absolute Gasteiger partial charge is 0.323 e. The highest BCUT2D eigenvalue weighted by atomic mass is 32.2. The fraction of sp³-hybridized carbons (Fsp3) is 0.0667. The monoisotopic (exact) mass is 348 g/mol. The van der Waals surface area contributed by atoms with E-state index in [1.54, 1.807) is 0 Å². The van der Waals surface area contributed by atoms with Crippen LogP contribution in [0.2, 0.25) is 0 Å². The summed E-state index contributed by atoms with van der Waals surface area (Å²) in [4.78, 5) is 24.0. The Balaban J connectivity index is 2.27. The quantitative estimate of drug-likeness (QED) is 0.512. The van der Waals surface area contributed by atoms with Crippen molar-refractivity contribution in [3.8, 4) is 6.07 Å². The summed E-state index contributed by atoms with van der Waals surface area (Å²) in [7, 11) is 0. The molecule has 1 saturated heterocycles. The minimum atomic E-state index is -1.18. The van der Waals surface area contributed by atoms with Crippen LogP contribution in [0.1, 0.15) is 5.56 Å². The predicted molar refractivity (Wildman–Crippen MR) is 87.6 cm³/mol. The van der Waals surface area contributed by atoms with E-state index in [4.69, 9.17) is 22.6 Å². The normalized spacial score (nSPS) is 16.8. The zero-order valence-electron chi connectivity index (χ0n) is 11.5. The second-order valence-electron chi connectivity index (χ2n) is 4.42. The maximum absolute atomic E-state index is 12.9. The molecule has 0 aromatic heterocycles. The second kappa shape index (κ2) is 7.17. The molecular formula is C15H9FN2O3S2. The minimum absolute atomic E-state index is 0.128. The minimum Gasteiger partial charge on any atom is -0.480 e. The van der Waals surface area contributed by atoms with Gasteiger partial charge in [0.05, 0.1) is 16.5 Å². The Kier molecular flexibility index (Phi) is 5.26. The van der Waals surface area contributed by atoms with Crippen LogP contribution < -0.4 is 0 Å². The van der Waals surface area contributed by atoms with Crippen molar-refractivity contribution >= 4 is 46.3 Å². The van der Waals surface area contributed by atoms with Gasteiger partial charge in [-0.1, -0.05) is 36.1 Å². The van der Waals surface area contributed by atoms with Gasteiger partial charge < -0.3 is 5.11 Å². The lowest BCUT2D eigenvalue weighted by molar-refractivity contribution is -0.140. The van der Waals surface area contributed by atoms with Gasteiger partial charge in [0, 0.05) is 0 Å². The number of rotatable bonds is 4. The summed E-state index contributed by atoms with van der Waals surface area (Å²) in [6, 6.07) is 7.44. The third-order valence-corrected chi connectivity index (χ3v) is 4.15. The van der Waals surface area contributed by atoms with Crippen molar-refractivity contribution in [1.82, 2.24) is 4.90 Å². The summed E-state index contributed by atoms with van der Waals surface area (Å²) >= 11 is 5.90. The van der Waals surface area contributed by atoms with Crippen molar-refractivity contribution in [2.24, 2.45) is 0 Å². The third-order valence-electron chi connectivity index (χ3n) is 2.77. The molecule has 23 heavy (non-hydrogen) atoms. The van der Waals surface area contributed by atoms with E-state index in [1.807, 2.05) is 6.07 Å². The number of thioether (sulfide) groups is 1. The molecule has 0 aliphatic carbocycles. The standard InChI is InChI=1S/C15H9FN2O3S2/c16-11-3-1-9(2-4-11)5-10(7-17)6-12-14(21)18(8-13(19)20)15(22)23-12/h1-6H,8H2,(H,19,20)/b10-5-,12-6-. The topological polar surface area (TPSA) is 81.4 Å². The van der Waals surface area contributed by atoms with Gasteiger partial charge in [0.1, 0.15) is 16.7 Å². The lowest BCUT2D eigenvalue weighted by atomic mass is 10.1. The second-order valence-corrected chi connectivity index (χ2v) is 6.10. The molecule has 1 amide bonds. The third kappa shape index (κ3) is 4.25. The summed E-state index contributed by atoms with van der Waals surface area (Å²) in [6.45, 7) is -0.522. The highest BCUT2D eigenvalue weighted by Gasteiger charge is 2.33. The fourth-order valence-corrected chi connectivity index (χ4v) is 3.00. The van der Waals surface area contributed by atoms with Gasteiger partial charge in [0.15, 0.2) is 0 Å². The molecule has 0 bridgehead atoms. The van der Waals surface area contributed by atoms with Crippen LogP contribution in [-0.4, -0.2) is 32.7 Å². The fourth-order valence-electron chi connectivity index (χ4n) is 1.76.